The fourth-order valence-electron chi connectivity index (χ4n) is 2.83. The molecule has 0 aliphatic heterocycles. The lowest BCUT2D eigenvalue weighted by Crippen LogP contribution is -2.01. The van der Waals surface area contributed by atoms with Crippen LogP contribution in [0.25, 0.3) is 11.4 Å². The standard InChI is InChI=1S/C22H26N4O3S/c1-4-13-29-19-12-11-16(14-20(19)28-6-3)15-23-26-21(24-25-22(26)30)17-9-7-8-10-18(17)27-5-2/h7-12,14-15H,4-6,13H2,1-3H3,(H,25,30)/b23-15-. The summed E-state index contributed by atoms with van der Waals surface area (Å²) in [6, 6.07) is 13.4. The molecule has 1 aromatic heterocycles. The van der Waals surface area contributed by atoms with Crippen molar-refractivity contribution < 1.29 is 14.2 Å². The minimum absolute atomic E-state index is 0.389. The molecular formula is C22H26N4O3S. The first kappa shape index (κ1) is 21.6. The molecule has 0 saturated heterocycles. The number of hydrogen-bond donors (Lipinski definition) is 1. The van der Waals surface area contributed by atoms with Gasteiger partial charge in [-0.25, -0.2) is 5.10 Å². The zero-order chi connectivity index (χ0) is 21.3. The van der Waals surface area contributed by atoms with Crippen molar-refractivity contribution in [2.24, 2.45) is 5.10 Å². The normalized spacial score (nSPS) is 11.0. The molecule has 1 N–H and O–H groups in total. The van der Waals surface area contributed by atoms with Gasteiger partial charge in [0.05, 0.1) is 31.6 Å². The summed E-state index contributed by atoms with van der Waals surface area (Å²) in [5, 5.41) is 11.7. The molecule has 0 spiro atoms. The Labute approximate surface area is 181 Å². The predicted molar refractivity (Wildman–Crippen MR) is 120 cm³/mol. The summed E-state index contributed by atoms with van der Waals surface area (Å²) in [6.45, 7) is 7.69. The lowest BCUT2D eigenvalue weighted by atomic mass is 10.2. The Morgan fingerprint density at radius 3 is 2.53 bits per heavy atom. The van der Waals surface area contributed by atoms with Crippen molar-refractivity contribution in [3.05, 3.63) is 52.8 Å². The zero-order valence-electron chi connectivity index (χ0n) is 17.4. The summed E-state index contributed by atoms with van der Waals surface area (Å²) in [5.41, 5.74) is 1.66. The van der Waals surface area contributed by atoms with Gasteiger partial charge in [0.1, 0.15) is 5.75 Å². The number of ether oxygens (including phenoxy) is 3. The molecule has 3 rings (SSSR count). The first-order valence-electron chi connectivity index (χ1n) is 10.0. The molecule has 0 unspecified atom stereocenters. The van der Waals surface area contributed by atoms with Gasteiger partial charge >= 0.3 is 0 Å². The van der Waals surface area contributed by atoms with E-state index in [1.54, 1.807) is 10.9 Å². The molecular weight excluding hydrogens is 400 g/mol. The van der Waals surface area contributed by atoms with E-state index in [2.05, 4.69) is 22.2 Å². The van der Waals surface area contributed by atoms with E-state index < -0.39 is 0 Å². The minimum Gasteiger partial charge on any atom is -0.493 e. The topological polar surface area (TPSA) is 73.7 Å². The van der Waals surface area contributed by atoms with Crippen molar-refractivity contribution in [3.8, 4) is 28.6 Å². The monoisotopic (exact) mass is 426 g/mol. The molecule has 0 saturated carbocycles. The van der Waals surface area contributed by atoms with Crippen molar-refractivity contribution in [1.82, 2.24) is 14.9 Å². The van der Waals surface area contributed by atoms with Gasteiger partial charge in [0, 0.05) is 0 Å². The molecule has 8 heteroatoms. The van der Waals surface area contributed by atoms with E-state index >= 15 is 0 Å². The van der Waals surface area contributed by atoms with Crippen molar-refractivity contribution in [3.63, 3.8) is 0 Å². The molecule has 158 valence electrons. The lowest BCUT2D eigenvalue weighted by molar-refractivity contribution is 0.277. The lowest BCUT2D eigenvalue weighted by Gasteiger charge is -2.12. The molecule has 0 amide bonds. The third-order valence-corrected chi connectivity index (χ3v) is 4.39. The van der Waals surface area contributed by atoms with Gasteiger partial charge in [-0.2, -0.15) is 14.9 Å². The number of aromatic nitrogens is 3. The third-order valence-electron chi connectivity index (χ3n) is 4.13. The maximum atomic E-state index is 5.76. The molecule has 1 heterocycles. The van der Waals surface area contributed by atoms with Crippen molar-refractivity contribution in [2.75, 3.05) is 19.8 Å². The summed E-state index contributed by atoms with van der Waals surface area (Å²) in [5.74, 6) is 2.71. The maximum absolute atomic E-state index is 5.76. The predicted octanol–water partition coefficient (Wildman–Crippen LogP) is 5.08. The maximum Gasteiger partial charge on any atom is 0.216 e. The molecule has 3 aromatic rings. The molecule has 0 radical (unpaired) electrons. The third kappa shape index (κ3) is 5.07. The molecule has 0 atom stereocenters. The number of aromatic amines is 1. The van der Waals surface area contributed by atoms with Crippen molar-refractivity contribution in [1.29, 1.82) is 0 Å². The summed E-state index contributed by atoms with van der Waals surface area (Å²) in [6.07, 6.45) is 2.64. The Kier molecular flexibility index (Phi) is 7.62. The molecule has 0 aliphatic carbocycles. The molecule has 30 heavy (non-hydrogen) atoms. The number of para-hydroxylation sites is 1. The van der Waals surface area contributed by atoms with Gasteiger partial charge in [-0.15, -0.1) is 0 Å². The number of nitrogens with one attached hydrogen (secondary N) is 1. The molecule has 2 aromatic carbocycles. The smallest absolute Gasteiger partial charge is 0.216 e. The number of H-pyrrole nitrogens is 1. The van der Waals surface area contributed by atoms with Crippen LogP contribution >= 0.6 is 12.2 Å². The van der Waals surface area contributed by atoms with Crippen LogP contribution in [0.3, 0.4) is 0 Å². The zero-order valence-corrected chi connectivity index (χ0v) is 18.2. The highest BCUT2D eigenvalue weighted by Gasteiger charge is 2.13. The summed E-state index contributed by atoms with van der Waals surface area (Å²) >= 11 is 5.38. The second-order valence-corrected chi connectivity index (χ2v) is 6.71. The average Bonchev–Trinajstić information content (AvgIpc) is 3.12. The van der Waals surface area contributed by atoms with Crippen LogP contribution in [0, 0.1) is 4.77 Å². The Morgan fingerprint density at radius 1 is 1.00 bits per heavy atom. The van der Waals surface area contributed by atoms with Crippen LogP contribution in [0.1, 0.15) is 32.8 Å². The van der Waals surface area contributed by atoms with Crippen LogP contribution in [0.2, 0.25) is 0 Å². The van der Waals surface area contributed by atoms with E-state index in [0.29, 0.717) is 36.2 Å². The van der Waals surface area contributed by atoms with E-state index in [1.165, 1.54) is 0 Å². The van der Waals surface area contributed by atoms with Gasteiger partial charge in [-0.1, -0.05) is 19.1 Å². The second-order valence-electron chi connectivity index (χ2n) is 6.33. The average molecular weight is 427 g/mol. The van der Waals surface area contributed by atoms with Crippen LogP contribution in [0.4, 0.5) is 0 Å². The van der Waals surface area contributed by atoms with E-state index in [-0.39, 0.29) is 0 Å². The first-order valence-corrected chi connectivity index (χ1v) is 10.4. The van der Waals surface area contributed by atoms with Crippen molar-refractivity contribution >= 4 is 18.4 Å². The highest BCUT2D eigenvalue weighted by atomic mass is 32.1. The van der Waals surface area contributed by atoms with E-state index in [4.69, 9.17) is 26.4 Å². The Balaban J connectivity index is 1.93. The van der Waals surface area contributed by atoms with E-state index in [1.807, 2.05) is 56.3 Å². The fraction of sp³-hybridized carbons (Fsp3) is 0.318. The van der Waals surface area contributed by atoms with Crippen LogP contribution in [0.15, 0.2) is 47.6 Å². The van der Waals surface area contributed by atoms with Crippen molar-refractivity contribution in [2.45, 2.75) is 27.2 Å². The SMILES string of the molecule is CCCOc1ccc(/C=N\n2c(-c3ccccc3OCC)n[nH]c2=S)cc1OCC. The fourth-order valence-corrected chi connectivity index (χ4v) is 3.01. The largest absolute Gasteiger partial charge is 0.493 e. The van der Waals surface area contributed by atoms with Crippen LogP contribution in [-0.2, 0) is 0 Å². The quantitative estimate of drug-likeness (QED) is 0.362. The second kappa shape index (κ2) is 10.6. The number of rotatable bonds is 10. The first-order chi connectivity index (χ1) is 14.7. The van der Waals surface area contributed by atoms with Gasteiger partial charge in [0.2, 0.25) is 4.77 Å². The van der Waals surface area contributed by atoms with Gasteiger partial charge in [-0.3, -0.25) is 0 Å². The van der Waals surface area contributed by atoms with Gasteiger partial charge in [0.25, 0.3) is 0 Å². The minimum atomic E-state index is 0.389. The van der Waals surface area contributed by atoms with Crippen LogP contribution in [0.5, 0.6) is 17.2 Å². The Bertz CT molecular complexity index is 1060. The molecule has 0 fully saturated rings. The Hall–Kier alpha value is -3.13. The van der Waals surface area contributed by atoms with E-state index in [0.717, 1.165) is 29.0 Å². The summed E-state index contributed by atoms with van der Waals surface area (Å²) in [4.78, 5) is 0. The molecule has 0 aliphatic rings. The summed E-state index contributed by atoms with van der Waals surface area (Å²) in [7, 11) is 0. The summed E-state index contributed by atoms with van der Waals surface area (Å²) < 4.78 is 19.2. The van der Waals surface area contributed by atoms with Gasteiger partial charge in [-0.05, 0) is 68.4 Å². The number of hydrogen-bond acceptors (Lipinski definition) is 6. The molecule has 0 bridgehead atoms. The molecule has 7 nitrogen and oxygen atoms in total. The highest BCUT2D eigenvalue weighted by Crippen LogP contribution is 2.30. The highest BCUT2D eigenvalue weighted by molar-refractivity contribution is 7.71. The Morgan fingerprint density at radius 2 is 1.77 bits per heavy atom. The van der Waals surface area contributed by atoms with E-state index in [9.17, 15) is 0 Å². The van der Waals surface area contributed by atoms with Crippen LogP contribution in [-0.4, -0.2) is 40.9 Å². The number of benzene rings is 2. The van der Waals surface area contributed by atoms with Gasteiger partial charge < -0.3 is 14.2 Å². The van der Waals surface area contributed by atoms with Crippen LogP contribution < -0.4 is 14.2 Å². The number of nitrogens with zero attached hydrogens (tertiary/aromatic N) is 3. The van der Waals surface area contributed by atoms with Gasteiger partial charge in [0.15, 0.2) is 17.3 Å².